The van der Waals surface area contributed by atoms with E-state index in [0.717, 1.165) is 50.8 Å². The average molecular weight is 326 g/mol. The summed E-state index contributed by atoms with van der Waals surface area (Å²) in [5.41, 5.74) is 2.42. The van der Waals surface area contributed by atoms with Crippen LogP contribution < -0.4 is 15.0 Å². The normalized spacial score (nSPS) is 15.5. The first-order chi connectivity index (χ1) is 11.8. The number of anilines is 1. The van der Waals surface area contributed by atoms with Crippen LogP contribution in [-0.4, -0.2) is 50.2 Å². The molecule has 5 nitrogen and oxygen atoms in total. The molecule has 128 valence electrons. The van der Waals surface area contributed by atoms with Crippen LogP contribution in [0.2, 0.25) is 0 Å². The molecule has 1 aliphatic rings. The van der Waals surface area contributed by atoms with Gasteiger partial charge in [0.2, 0.25) is 0 Å². The lowest BCUT2D eigenvalue weighted by Crippen LogP contribution is -2.45. The smallest absolute Gasteiger partial charge is 0.133 e. The Kier molecular flexibility index (Phi) is 5.67. The lowest BCUT2D eigenvalue weighted by atomic mass is 10.2. The van der Waals surface area contributed by atoms with Crippen molar-refractivity contribution in [2.75, 3.05) is 45.2 Å². The van der Waals surface area contributed by atoms with E-state index in [0.29, 0.717) is 0 Å². The van der Waals surface area contributed by atoms with Gasteiger partial charge in [0.05, 0.1) is 7.11 Å². The SMILES string of the molecule is COc1ccccc1CNCc1cccnc1N1CCN(C)CC1. The second-order valence-corrected chi connectivity index (χ2v) is 6.19. The van der Waals surface area contributed by atoms with Crippen molar-refractivity contribution >= 4 is 5.82 Å². The molecule has 2 heterocycles. The third kappa shape index (κ3) is 4.04. The van der Waals surface area contributed by atoms with Crippen LogP contribution in [0.25, 0.3) is 0 Å². The molecule has 3 rings (SSSR count). The highest BCUT2D eigenvalue weighted by Crippen LogP contribution is 2.20. The summed E-state index contributed by atoms with van der Waals surface area (Å²) in [4.78, 5) is 9.38. The van der Waals surface area contributed by atoms with E-state index >= 15 is 0 Å². The highest BCUT2D eigenvalue weighted by Gasteiger charge is 2.17. The van der Waals surface area contributed by atoms with E-state index in [1.165, 1.54) is 11.1 Å². The Morgan fingerprint density at radius 2 is 1.71 bits per heavy atom. The number of nitrogens with one attached hydrogen (secondary N) is 1. The summed E-state index contributed by atoms with van der Waals surface area (Å²) >= 11 is 0. The van der Waals surface area contributed by atoms with Gasteiger partial charge in [0.15, 0.2) is 0 Å². The van der Waals surface area contributed by atoms with Crippen LogP contribution in [0.3, 0.4) is 0 Å². The van der Waals surface area contributed by atoms with Gasteiger partial charge in [-0.2, -0.15) is 0 Å². The highest BCUT2D eigenvalue weighted by molar-refractivity contribution is 5.47. The summed E-state index contributed by atoms with van der Waals surface area (Å²) in [7, 11) is 3.89. The number of aromatic nitrogens is 1. The molecule has 0 aliphatic carbocycles. The molecule has 1 N–H and O–H groups in total. The van der Waals surface area contributed by atoms with Gasteiger partial charge in [-0.3, -0.25) is 0 Å². The lowest BCUT2D eigenvalue weighted by molar-refractivity contribution is 0.311. The molecule has 0 saturated carbocycles. The molecule has 0 amide bonds. The van der Waals surface area contributed by atoms with Gasteiger partial charge in [-0.25, -0.2) is 4.98 Å². The Hall–Kier alpha value is -2.11. The van der Waals surface area contributed by atoms with Crippen molar-refractivity contribution < 1.29 is 4.74 Å². The molecular formula is C19H26N4O. The van der Waals surface area contributed by atoms with Crippen molar-refractivity contribution in [3.8, 4) is 5.75 Å². The van der Waals surface area contributed by atoms with Crippen LogP contribution in [0.4, 0.5) is 5.82 Å². The molecule has 1 aliphatic heterocycles. The first kappa shape index (κ1) is 16.7. The summed E-state index contributed by atoms with van der Waals surface area (Å²) in [5, 5.41) is 3.52. The number of pyridine rings is 1. The number of likely N-dealkylation sites (N-methyl/N-ethyl adjacent to an activating group) is 1. The molecule has 0 unspecified atom stereocenters. The van der Waals surface area contributed by atoms with E-state index in [1.54, 1.807) is 7.11 Å². The number of methoxy groups -OCH3 is 1. The predicted octanol–water partition coefficient (Wildman–Crippen LogP) is 2.13. The van der Waals surface area contributed by atoms with E-state index in [4.69, 9.17) is 4.74 Å². The lowest BCUT2D eigenvalue weighted by Gasteiger charge is -2.34. The van der Waals surface area contributed by atoms with Crippen LogP contribution in [0.5, 0.6) is 5.75 Å². The maximum Gasteiger partial charge on any atom is 0.133 e. The molecule has 1 saturated heterocycles. The number of piperazine rings is 1. The average Bonchev–Trinajstić information content (AvgIpc) is 2.63. The predicted molar refractivity (Wildman–Crippen MR) is 97.5 cm³/mol. The van der Waals surface area contributed by atoms with Gasteiger partial charge in [0.1, 0.15) is 11.6 Å². The zero-order chi connectivity index (χ0) is 16.8. The molecule has 2 aromatic rings. The van der Waals surface area contributed by atoms with E-state index < -0.39 is 0 Å². The van der Waals surface area contributed by atoms with Crippen molar-refractivity contribution in [1.82, 2.24) is 15.2 Å². The first-order valence-electron chi connectivity index (χ1n) is 8.48. The van der Waals surface area contributed by atoms with Crippen LogP contribution in [0.15, 0.2) is 42.6 Å². The van der Waals surface area contributed by atoms with Crippen molar-refractivity contribution in [2.45, 2.75) is 13.1 Å². The minimum absolute atomic E-state index is 0.779. The fraction of sp³-hybridized carbons (Fsp3) is 0.421. The zero-order valence-electron chi connectivity index (χ0n) is 14.5. The van der Waals surface area contributed by atoms with E-state index in [9.17, 15) is 0 Å². The van der Waals surface area contributed by atoms with Gasteiger partial charge >= 0.3 is 0 Å². The fourth-order valence-corrected chi connectivity index (χ4v) is 3.05. The standard InChI is InChI=1S/C19H26N4O/c1-22-10-12-23(13-11-22)19-17(7-5-9-21-19)15-20-14-16-6-3-4-8-18(16)24-2/h3-9,20H,10-15H2,1-2H3. The maximum absolute atomic E-state index is 5.41. The van der Waals surface area contributed by atoms with E-state index in [1.807, 2.05) is 30.5 Å². The van der Waals surface area contributed by atoms with Crippen molar-refractivity contribution in [3.63, 3.8) is 0 Å². The molecular weight excluding hydrogens is 300 g/mol. The second kappa shape index (κ2) is 8.13. The fourth-order valence-electron chi connectivity index (χ4n) is 3.05. The molecule has 0 spiro atoms. The molecule has 0 atom stereocenters. The zero-order valence-corrected chi connectivity index (χ0v) is 14.5. The van der Waals surface area contributed by atoms with Gasteiger partial charge < -0.3 is 19.9 Å². The number of hydrogen-bond donors (Lipinski definition) is 1. The molecule has 0 bridgehead atoms. The highest BCUT2D eigenvalue weighted by atomic mass is 16.5. The molecule has 1 aromatic heterocycles. The molecule has 0 radical (unpaired) electrons. The number of hydrogen-bond acceptors (Lipinski definition) is 5. The van der Waals surface area contributed by atoms with Crippen molar-refractivity contribution in [3.05, 3.63) is 53.7 Å². The number of rotatable bonds is 6. The Bertz CT molecular complexity index is 653. The van der Waals surface area contributed by atoms with E-state index in [2.05, 4.69) is 39.3 Å². The number of nitrogens with zero attached hydrogens (tertiary/aromatic N) is 3. The maximum atomic E-state index is 5.41. The van der Waals surface area contributed by atoms with Crippen LogP contribution in [0, 0.1) is 0 Å². The monoisotopic (exact) mass is 326 g/mol. The van der Waals surface area contributed by atoms with Crippen molar-refractivity contribution in [2.24, 2.45) is 0 Å². The summed E-state index contributed by atoms with van der Waals surface area (Å²) in [6.45, 7) is 5.82. The third-order valence-electron chi connectivity index (χ3n) is 4.49. The Morgan fingerprint density at radius 3 is 2.50 bits per heavy atom. The van der Waals surface area contributed by atoms with Gasteiger partial charge in [0.25, 0.3) is 0 Å². The molecule has 1 aromatic carbocycles. The minimum Gasteiger partial charge on any atom is -0.496 e. The summed E-state index contributed by atoms with van der Waals surface area (Å²) in [6.07, 6.45) is 1.89. The van der Waals surface area contributed by atoms with Gasteiger partial charge in [-0.05, 0) is 19.2 Å². The molecule has 24 heavy (non-hydrogen) atoms. The topological polar surface area (TPSA) is 40.6 Å². The van der Waals surface area contributed by atoms with Gasteiger partial charge in [-0.15, -0.1) is 0 Å². The largest absolute Gasteiger partial charge is 0.496 e. The van der Waals surface area contributed by atoms with Crippen LogP contribution in [0.1, 0.15) is 11.1 Å². The van der Waals surface area contributed by atoms with Crippen molar-refractivity contribution in [1.29, 1.82) is 0 Å². The van der Waals surface area contributed by atoms with E-state index in [-0.39, 0.29) is 0 Å². The molecule has 5 heteroatoms. The summed E-state index contributed by atoms with van der Waals surface area (Å²) in [6, 6.07) is 12.3. The summed E-state index contributed by atoms with van der Waals surface area (Å²) < 4.78 is 5.41. The van der Waals surface area contributed by atoms with Gasteiger partial charge in [-0.1, -0.05) is 24.3 Å². The first-order valence-corrected chi connectivity index (χ1v) is 8.48. The Labute approximate surface area is 144 Å². The van der Waals surface area contributed by atoms with Gasteiger partial charge in [0, 0.05) is 56.6 Å². The van der Waals surface area contributed by atoms with Crippen LogP contribution in [-0.2, 0) is 13.1 Å². The quantitative estimate of drug-likeness (QED) is 0.881. The Morgan fingerprint density at radius 1 is 1.00 bits per heavy atom. The second-order valence-electron chi connectivity index (χ2n) is 6.19. The number of benzene rings is 1. The third-order valence-corrected chi connectivity index (χ3v) is 4.49. The number of ether oxygens (including phenoxy) is 1. The Balaban J connectivity index is 1.63. The molecule has 1 fully saturated rings. The summed E-state index contributed by atoms with van der Waals surface area (Å²) in [5.74, 6) is 2.04. The number of para-hydroxylation sites is 1. The van der Waals surface area contributed by atoms with Crippen LogP contribution >= 0.6 is 0 Å². The minimum atomic E-state index is 0.779.